The van der Waals surface area contributed by atoms with Crippen LogP contribution in [0.4, 0.5) is 4.79 Å². The predicted molar refractivity (Wildman–Crippen MR) is 99.2 cm³/mol. The van der Waals surface area contributed by atoms with Crippen LogP contribution in [0.1, 0.15) is 30.9 Å². The molecule has 0 spiro atoms. The molecule has 1 unspecified atom stereocenters. The van der Waals surface area contributed by atoms with E-state index in [9.17, 15) is 9.59 Å². The summed E-state index contributed by atoms with van der Waals surface area (Å²) >= 11 is 1.90. The molecule has 24 heavy (non-hydrogen) atoms. The van der Waals surface area contributed by atoms with Crippen molar-refractivity contribution in [3.63, 3.8) is 0 Å². The van der Waals surface area contributed by atoms with Crippen molar-refractivity contribution in [2.24, 2.45) is 0 Å². The Morgan fingerprint density at radius 2 is 2.12 bits per heavy atom. The number of carbonyl (C=O) groups is 2. The first-order valence-corrected chi connectivity index (χ1v) is 9.64. The van der Waals surface area contributed by atoms with Crippen molar-refractivity contribution >= 4 is 23.7 Å². The number of benzene rings is 1. The normalized spacial score (nSPS) is 16.9. The summed E-state index contributed by atoms with van der Waals surface area (Å²) in [6, 6.07) is 8.52. The van der Waals surface area contributed by atoms with Crippen LogP contribution in [-0.4, -0.2) is 48.3 Å². The van der Waals surface area contributed by atoms with E-state index in [1.54, 1.807) is 4.90 Å². The molecule has 0 saturated carbocycles. The summed E-state index contributed by atoms with van der Waals surface area (Å²) in [4.78, 5) is 24.9. The van der Waals surface area contributed by atoms with E-state index >= 15 is 0 Å². The zero-order valence-corrected chi connectivity index (χ0v) is 15.3. The van der Waals surface area contributed by atoms with Gasteiger partial charge in [-0.1, -0.05) is 24.3 Å². The van der Waals surface area contributed by atoms with Gasteiger partial charge in [0.15, 0.2) is 0 Å². The number of likely N-dealkylation sites (tertiary alicyclic amines) is 1. The maximum atomic E-state index is 12.1. The first kappa shape index (κ1) is 18.6. The van der Waals surface area contributed by atoms with Gasteiger partial charge >= 0.3 is 6.03 Å². The number of aryl methyl sites for hydroxylation is 1. The monoisotopic (exact) mass is 349 g/mol. The van der Waals surface area contributed by atoms with Crippen molar-refractivity contribution in [1.29, 1.82) is 0 Å². The predicted octanol–water partition coefficient (Wildman–Crippen LogP) is 2.54. The molecule has 1 aliphatic rings. The zero-order chi connectivity index (χ0) is 17.4. The molecule has 1 aromatic carbocycles. The Kier molecular flexibility index (Phi) is 7.43. The van der Waals surface area contributed by atoms with Crippen molar-refractivity contribution in [3.05, 3.63) is 35.4 Å². The molecule has 0 radical (unpaired) electrons. The highest BCUT2D eigenvalue weighted by Crippen LogP contribution is 2.16. The number of hydrogen-bond donors (Lipinski definition) is 2. The lowest BCUT2D eigenvalue weighted by Gasteiger charge is -2.17. The Hall–Kier alpha value is -1.69. The SMILES string of the molecule is CC(=O)NC1CCN(C(=O)NCCCSCc2ccccc2C)C1. The molecule has 1 saturated heterocycles. The number of urea groups is 1. The molecule has 3 amide bonds. The molecule has 1 aromatic rings. The summed E-state index contributed by atoms with van der Waals surface area (Å²) in [6.07, 6.45) is 1.80. The summed E-state index contributed by atoms with van der Waals surface area (Å²) in [5.41, 5.74) is 2.72. The van der Waals surface area contributed by atoms with E-state index in [0.29, 0.717) is 19.6 Å². The molecular weight excluding hydrogens is 322 g/mol. The highest BCUT2D eigenvalue weighted by Gasteiger charge is 2.26. The number of carbonyl (C=O) groups excluding carboxylic acids is 2. The van der Waals surface area contributed by atoms with Crippen LogP contribution in [0.25, 0.3) is 0 Å². The zero-order valence-electron chi connectivity index (χ0n) is 14.5. The molecule has 1 aliphatic heterocycles. The van der Waals surface area contributed by atoms with Crippen LogP contribution in [0, 0.1) is 6.92 Å². The van der Waals surface area contributed by atoms with E-state index in [0.717, 1.165) is 24.3 Å². The summed E-state index contributed by atoms with van der Waals surface area (Å²) in [5.74, 6) is 2.02. The lowest BCUT2D eigenvalue weighted by molar-refractivity contribution is -0.119. The van der Waals surface area contributed by atoms with Gasteiger partial charge < -0.3 is 15.5 Å². The molecule has 2 N–H and O–H groups in total. The second-order valence-electron chi connectivity index (χ2n) is 6.20. The van der Waals surface area contributed by atoms with E-state index in [2.05, 4.69) is 41.8 Å². The molecule has 1 fully saturated rings. The van der Waals surface area contributed by atoms with E-state index < -0.39 is 0 Å². The quantitative estimate of drug-likeness (QED) is 0.744. The van der Waals surface area contributed by atoms with Gasteiger partial charge in [-0.3, -0.25) is 4.79 Å². The van der Waals surface area contributed by atoms with Gasteiger partial charge in [0.25, 0.3) is 0 Å². The van der Waals surface area contributed by atoms with Crippen molar-refractivity contribution < 1.29 is 9.59 Å². The fourth-order valence-electron chi connectivity index (χ4n) is 2.79. The van der Waals surface area contributed by atoms with Crippen molar-refractivity contribution in [3.8, 4) is 0 Å². The average molecular weight is 350 g/mol. The highest BCUT2D eigenvalue weighted by molar-refractivity contribution is 7.98. The van der Waals surface area contributed by atoms with Crippen LogP contribution < -0.4 is 10.6 Å². The Bertz CT molecular complexity index is 565. The maximum Gasteiger partial charge on any atom is 0.317 e. The maximum absolute atomic E-state index is 12.1. The van der Waals surface area contributed by atoms with Gasteiger partial charge in [0, 0.05) is 38.4 Å². The first-order chi connectivity index (χ1) is 11.6. The molecule has 1 atom stereocenters. The number of hydrogen-bond acceptors (Lipinski definition) is 3. The number of nitrogens with zero attached hydrogens (tertiary/aromatic N) is 1. The van der Waals surface area contributed by atoms with Crippen molar-refractivity contribution in [2.45, 2.75) is 38.5 Å². The number of thioether (sulfide) groups is 1. The molecule has 6 heteroatoms. The molecule has 0 bridgehead atoms. The largest absolute Gasteiger partial charge is 0.352 e. The fourth-order valence-corrected chi connectivity index (χ4v) is 3.82. The summed E-state index contributed by atoms with van der Waals surface area (Å²) < 4.78 is 0. The summed E-state index contributed by atoms with van der Waals surface area (Å²) in [6.45, 7) is 5.66. The summed E-state index contributed by atoms with van der Waals surface area (Å²) in [5, 5.41) is 5.84. The second kappa shape index (κ2) is 9.57. The minimum Gasteiger partial charge on any atom is -0.352 e. The standard InChI is InChI=1S/C18H27N3O2S/c1-14-6-3-4-7-16(14)13-24-11-5-9-19-18(23)21-10-8-17(12-21)20-15(2)22/h3-4,6-7,17H,5,8-13H2,1-2H3,(H,19,23)(H,20,22). The van der Waals surface area contributed by atoms with E-state index in [4.69, 9.17) is 0 Å². The smallest absolute Gasteiger partial charge is 0.317 e. The fraction of sp³-hybridized carbons (Fsp3) is 0.556. The van der Waals surface area contributed by atoms with Gasteiger partial charge in [-0.15, -0.1) is 0 Å². The lowest BCUT2D eigenvalue weighted by Crippen LogP contribution is -2.42. The molecule has 2 rings (SSSR count). The lowest BCUT2D eigenvalue weighted by atomic mass is 10.1. The van der Waals surface area contributed by atoms with Gasteiger partial charge in [0.05, 0.1) is 0 Å². The number of amides is 3. The highest BCUT2D eigenvalue weighted by atomic mass is 32.2. The van der Waals surface area contributed by atoms with Gasteiger partial charge in [0.2, 0.25) is 5.91 Å². The van der Waals surface area contributed by atoms with E-state index in [-0.39, 0.29) is 18.0 Å². The first-order valence-electron chi connectivity index (χ1n) is 8.48. The number of nitrogens with one attached hydrogen (secondary N) is 2. The molecule has 0 aromatic heterocycles. The van der Waals surface area contributed by atoms with Crippen LogP contribution in [0.3, 0.4) is 0 Å². The van der Waals surface area contributed by atoms with Gasteiger partial charge in [-0.05, 0) is 36.6 Å². The molecular formula is C18H27N3O2S. The summed E-state index contributed by atoms with van der Waals surface area (Å²) in [7, 11) is 0. The van der Waals surface area contributed by atoms with Crippen LogP contribution in [-0.2, 0) is 10.5 Å². The number of rotatable bonds is 7. The van der Waals surface area contributed by atoms with Crippen LogP contribution in [0.15, 0.2) is 24.3 Å². The van der Waals surface area contributed by atoms with Crippen molar-refractivity contribution in [1.82, 2.24) is 15.5 Å². The Morgan fingerprint density at radius 1 is 1.33 bits per heavy atom. The molecule has 1 heterocycles. The van der Waals surface area contributed by atoms with Gasteiger partial charge in [-0.2, -0.15) is 11.8 Å². The Balaban J connectivity index is 1.55. The van der Waals surface area contributed by atoms with Crippen molar-refractivity contribution in [2.75, 3.05) is 25.4 Å². The van der Waals surface area contributed by atoms with Crippen LogP contribution in [0.5, 0.6) is 0 Å². The second-order valence-corrected chi connectivity index (χ2v) is 7.30. The van der Waals surface area contributed by atoms with Crippen LogP contribution in [0.2, 0.25) is 0 Å². The average Bonchev–Trinajstić information content (AvgIpc) is 3.00. The third-order valence-corrected chi connectivity index (χ3v) is 5.24. The third kappa shape index (κ3) is 6.07. The van der Waals surface area contributed by atoms with Gasteiger partial charge in [0.1, 0.15) is 0 Å². The van der Waals surface area contributed by atoms with Gasteiger partial charge in [-0.25, -0.2) is 4.79 Å². The topological polar surface area (TPSA) is 61.4 Å². The molecule has 132 valence electrons. The van der Waals surface area contributed by atoms with E-state index in [1.165, 1.54) is 18.1 Å². The minimum absolute atomic E-state index is 0.0215. The Morgan fingerprint density at radius 3 is 2.88 bits per heavy atom. The molecule has 0 aliphatic carbocycles. The molecule has 5 nitrogen and oxygen atoms in total. The minimum atomic E-state index is -0.0343. The third-order valence-electron chi connectivity index (χ3n) is 4.14. The van der Waals surface area contributed by atoms with Crippen LogP contribution >= 0.6 is 11.8 Å². The Labute approximate surface area is 148 Å². The van der Waals surface area contributed by atoms with E-state index in [1.807, 2.05) is 11.8 Å².